The average molecular weight is 426 g/mol. The zero-order valence-electron chi connectivity index (χ0n) is 17.8. The Hall–Kier alpha value is -1.34. The lowest BCUT2D eigenvalue weighted by Crippen LogP contribution is -2.34. The Morgan fingerprint density at radius 2 is 2.03 bits per heavy atom. The van der Waals surface area contributed by atoms with E-state index in [1.807, 2.05) is 4.57 Å². The third-order valence-corrected chi connectivity index (χ3v) is 7.25. The molecule has 0 aromatic carbocycles. The summed E-state index contributed by atoms with van der Waals surface area (Å²) in [5.41, 5.74) is 0.645. The highest BCUT2D eigenvalue weighted by Crippen LogP contribution is 2.47. The molecule has 2 aromatic heterocycles. The van der Waals surface area contributed by atoms with Crippen LogP contribution in [0.1, 0.15) is 66.9 Å². The zero-order chi connectivity index (χ0) is 20.6. The van der Waals surface area contributed by atoms with Crippen LogP contribution in [0.15, 0.2) is 11.1 Å². The van der Waals surface area contributed by atoms with Crippen LogP contribution >= 0.6 is 8.30 Å². The second kappa shape index (κ2) is 9.65. The molecule has 3 heterocycles. The fourth-order valence-corrected chi connectivity index (χ4v) is 6.03. The average Bonchev–Trinajstić information content (AvgIpc) is 3.17. The van der Waals surface area contributed by atoms with Crippen molar-refractivity contribution in [2.45, 2.75) is 92.3 Å². The second-order valence-electron chi connectivity index (χ2n) is 7.94. The maximum atomic E-state index is 12.2. The van der Waals surface area contributed by atoms with Gasteiger partial charge in [-0.15, -0.1) is 0 Å². The highest BCUT2D eigenvalue weighted by Gasteiger charge is 2.39. The number of aryl methyl sites for hydroxylation is 1. The van der Waals surface area contributed by atoms with E-state index in [9.17, 15) is 4.79 Å². The van der Waals surface area contributed by atoms with Gasteiger partial charge in [0.25, 0.3) is 5.56 Å². The molecule has 8 nitrogen and oxygen atoms in total. The van der Waals surface area contributed by atoms with Crippen LogP contribution < -0.4 is 5.56 Å². The van der Waals surface area contributed by atoms with Crippen molar-refractivity contribution in [1.82, 2.24) is 24.2 Å². The molecule has 164 valence electrons. The fraction of sp³-hybridized carbons (Fsp3) is 0.750. The lowest BCUT2D eigenvalue weighted by atomic mass is 10.1. The van der Waals surface area contributed by atoms with E-state index in [4.69, 9.17) is 9.26 Å². The molecule has 1 N–H and O–H groups in total. The summed E-state index contributed by atoms with van der Waals surface area (Å²) in [5, 5.41) is 0. The summed E-state index contributed by atoms with van der Waals surface area (Å²) >= 11 is 0. The Labute approximate surface area is 174 Å². The molecule has 3 rings (SSSR count). The largest absolute Gasteiger partial charge is 0.352 e. The van der Waals surface area contributed by atoms with Gasteiger partial charge in [-0.05, 0) is 47.7 Å². The molecule has 0 radical (unpaired) electrons. The van der Waals surface area contributed by atoms with Crippen LogP contribution in [0.4, 0.5) is 0 Å². The predicted octanol–water partition coefficient (Wildman–Crippen LogP) is 4.21. The number of ether oxygens (including phenoxy) is 1. The van der Waals surface area contributed by atoms with Gasteiger partial charge in [0.05, 0.1) is 12.4 Å². The SMILES string of the molecule is C.CC[C@@H]1CC(OP(C)N(C(C)C)C(C)C)[C@H](n2cnc3c(=O)[nH]c(C)nc32)O1. The van der Waals surface area contributed by atoms with Crippen LogP contribution in [0, 0.1) is 6.92 Å². The number of rotatable bonds is 7. The van der Waals surface area contributed by atoms with Crippen LogP contribution in [-0.2, 0) is 9.26 Å². The van der Waals surface area contributed by atoms with Crippen LogP contribution in [0.2, 0.25) is 0 Å². The minimum absolute atomic E-state index is 0. The number of hydrogen-bond acceptors (Lipinski definition) is 6. The maximum Gasteiger partial charge on any atom is 0.279 e. The first-order valence-electron chi connectivity index (χ1n) is 10.0. The third kappa shape index (κ3) is 4.88. The van der Waals surface area contributed by atoms with Crippen molar-refractivity contribution in [3.8, 4) is 0 Å². The highest BCUT2D eigenvalue weighted by atomic mass is 31.2. The quantitative estimate of drug-likeness (QED) is 0.669. The van der Waals surface area contributed by atoms with Gasteiger partial charge in [0.1, 0.15) is 20.2 Å². The van der Waals surface area contributed by atoms with Gasteiger partial charge < -0.3 is 14.2 Å². The maximum absolute atomic E-state index is 12.2. The summed E-state index contributed by atoms with van der Waals surface area (Å²) in [7, 11) is -0.785. The molecule has 9 heteroatoms. The lowest BCUT2D eigenvalue weighted by Gasteiger charge is -2.37. The fourth-order valence-electron chi connectivity index (χ4n) is 4.04. The summed E-state index contributed by atoms with van der Waals surface area (Å²) in [6.45, 7) is 14.8. The van der Waals surface area contributed by atoms with E-state index in [2.05, 4.69) is 60.9 Å². The molecule has 1 fully saturated rings. The van der Waals surface area contributed by atoms with Gasteiger partial charge in [-0.2, -0.15) is 0 Å². The van der Waals surface area contributed by atoms with Crippen LogP contribution in [0.3, 0.4) is 0 Å². The molecule has 0 saturated carbocycles. The Morgan fingerprint density at radius 3 is 2.62 bits per heavy atom. The van der Waals surface area contributed by atoms with Crippen molar-refractivity contribution in [3.05, 3.63) is 22.5 Å². The number of H-pyrrole nitrogens is 1. The normalized spacial score (nSPS) is 23.3. The van der Waals surface area contributed by atoms with Crippen molar-refractivity contribution >= 4 is 19.5 Å². The van der Waals surface area contributed by atoms with Crippen LogP contribution in [0.5, 0.6) is 0 Å². The summed E-state index contributed by atoms with van der Waals surface area (Å²) in [4.78, 5) is 23.7. The standard InChI is InChI=1S/C19H32N5O3P.CH4/c1-8-14-9-15(27-28(7)24(11(2)3)12(4)5)19(26-14)23-10-20-16-17(23)21-13(6)22-18(16)25;/h10-12,14-15,19H,8-9H2,1-7H3,(H,21,22,25);1H4/t14-,15?,19-,28?;/m1./s1. The molecule has 29 heavy (non-hydrogen) atoms. The van der Waals surface area contributed by atoms with Crippen LogP contribution in [-0.4, -0.2) is 55.1 Å². The molecule has 1 aliphatic heterocycles. The van der Waals surface area contributed by atoms with E-state index >= 15 is 0 Å². The first-order valence-corrected chi connectivity index (χ1v) is 11.7. The summed E-state index contributed by atoms with van der Waals surface area (Å²) in [6.07, 6.45) is 3.04. The molecule has 2 unspecified atom stereocenters. The van der Waals surface area contributed by atoms with Gasteiger partial charge in [0, 0.05) is 18.5 Å². The molecule has 0 aliphatic carbocycles. The van der Waals surface area contributed by atoms with Crippen LogP contribution in [0.25, 0.3) is 11.2 Å². The molecule has 0 spiro atoms. The highest BCUT2D eigenvalue weighted by molar-refractivity contribution is 7.49. The van der Waals surface area contributed by atoms with E-state index in [1.54, 1.807) is 13.3 Å². The van der Waals surface area contributed by atoms with Gasteiger partial charge in [-0.1, -0.05) is 14.4 Å². The van der Waals surface area contributed by atoms with Gasteiger partial charge >= 0.3 is 0 Å². The molecule has 1 saturated heterocycles. The molecule has 0 amide bonds. The number of fused-ring (bicyclic) bond motifs is 1. The number of imidazole rings is 1. The van der Waals surface area contributed by atoms with Crippen molar-refractivity contribution in [3.63, 3.8) is 0 Å². The molecular weight excluding hydrogens is 389 g/mol. The van der Waals surface area contributed by atoms with E-state index < -0.39 is 8.30 Å². The first kappa shape index (κ1) is 23.9. The van der Waals surface area contributed by atoms with E-state index in [0.717, 1.165) is 12.8 Å². The minimum Gasteiger partial charge on any atom is -0.352 e. The molecule has 2 aromatic rings. The van der Waals surface area contributed by atoms with Gasteiger partial charge in [-0.25, -0.2) is 9.97 Å². The molecule has 1 aliphatic rings. The molecule has 4 atom stereocenters. The van der Waals surface area contributed by atoms with Gasteiger partial charge in [0.15, 0.2) is 17.4 Å². The Bertz CT molecular complexity index is 857. The Morgan fingerprint density at radius 1 is 1.38 bits per heavy atom. The summed E-state index contributed by atoms with van der Waals surface area (Å²) in [6, 6.07) is 0.798. The van der Waals surface area contributed by atoms with Crippen molar-refractivity contribution in [2.24, 2.45) is 0 Å². The third-order valence-electron chi connectivity index (χ3n) is 5.10. The number of aromatic amines is 1. The molecular formula is C20H36N5O3P. The second-order valence-corrected chi connectivity index (χ2v) is 9.54. The zero-order valence-corrected chi connectivity index (χ0v) is 18.7. The first-order chi connectivity index (χ1) is 13.2. The number of nitrogens with zero attached hydrogens (tertiary/aromatic N) is 4. The van der Waals surface area contributed by atoms with Crippen molar-refractivity contribution in [1.29, 1.82) is 0 Å². The Balaban J connectivity index is 0.00000300. The van der Waals surface area contributed by atoms with Gasteiger partial charge in [-0.3, -0.25) is 14.0 Å². The van der Waals surface area contributed by atoms with E-state index in [0.29, 0.717) is 29.1 Å². The number of nitrogens with one attached hydrogen (secondary N) is 1. The topological polar surface area (TPSA) is 85.3 Å². The minimum atomic E-state index is -0.785. The van der Waals surface area contributed by atoms with E-state index in [1.165, 1.54) is 0 Å². The summed E-state index contributed by atoms with van der Waals surface area (Å²) < 4.78 is 17.1. The van der Waals surface area contributed by atoms with Crippen molar-refractivity contribution < 1.29 is 9.26 Å². The van der Waals surface area contributed by atoms with Gasteiger partial charge in [0.2, 0.25) is 0 Å². The molecule has 0 bridgehead atoms. The van der Waals surface area contributed by atoms with E-state index in [-0.39, 0.29) is 31.4 Å². The lowest BCUT2D eigenvalue weighted by molar-refractivity contribution is -0.0285. The smallest absolute Gasteiger partial charge is 0.279 e. The summed E-state index contributed by atoms with van der Waals surface area (Å²) in [5.74, 6) is 0.560. The Kier molecular flexibility index (Phi) is 7.96. The number of hydrogen-bond donors (Lipinski definition) is 1. The number of aromatic nitrogens is 4. The predicted molar refractivity (Wildman–Crippen MR) is 118 cm³/mol. The monoisotopic (exact) mass is 425 g/mol. The van der Waals surface area contributed by atoms with Crippen molar-refractivity contribution in [2.75, 3.05) is 6.66 Å².